The van der Waals surface area contributed by atoms with Crippen molar-refractivity contribution in [3.8, 4) is 0 Å². The molecule has 2 aromatic rings. The second kappa shape index (κ2) is 5.51. The fourth-order valence-electron chi connectivity index (χ4n) is 2.74. The van der Waals surface area contributed by atoms with E-state index in [0.717, 1.165) is 17.7 Å². The molecular weight excluding hydrogens is 284 g/mol. The van der Waals surface area contributed by atoms with Crippen LogP contribution in [0.5, 0.6) is 0 Å². The van der Waals surface area contributed by atoms with Gasteiger partial charge in [-0.25, -0.2) is 0 Å². The van der Waals surface area contributed by atoms with Crippen LogP contribution in [0.3, 0.4) is 0 Å². The van der Waals surface area contributed by atoms with Crippen LogP contribution in [0.15, 0.2) is 48.5 Å². The summed E-state index contributed by atoms with van der Waals surface area (Å²) in [6.07, 6.45) is 0.978. The predicted molar refractivity (Wildman–Crippen MR) is 85.5 cm³/mol. The Hall–Kier alpha value is -1.84. The van der Waals surface area contributed by atoms with Gasteiger partial charge in [-0.05, 0) is 41.8 Å². The highest BCUT2D eigenvalue weighted by Gasteiger charge is 2.46. The molecule has 2 N–H and O–H groups in total. The molecule has 3 rings (SSSR count). The van der Waals surface area contributed by atoms with Crippen molar-refractivity contribution >= 4 is 23.2 Å². The molecule has 21 heavy (non-hydrogen) atoms. The summed E-state index contributed by atoms with van der Waals surface area (Å²) in [6, 6.07) is 14.9. The molecule has 0 radical (unpaired) electrons. The van der Waals surface area contributed by atoms with E-state index in [-0.39, 0.29) is 11.9 Å². The normalized spacial score (nSPS) is 21.3. The lowest BCUT2D eigenvalue weighted by atomic mass is 9.88. The Morgan fingerprint density at radius 1 is 1.19 bits per heavy atom. The first-order valence-corrected chi connectivity index (χ1v) is 7.42. The minimum Gasteiger partial charge on any atom is -0.318 e. The Kier molecular flexibility index (Phi) is 3.70. The van der Waals surface area contributed by atoms with Gasteiger partial charge in [-0.1, -0.05) is 42.8 Å². The van der Waals surface area contributed by atoms with Crippen molar-refractivity contribution in [2.75, 3.05) is 4.90 Å². The van der Waals surface area contributed by atoms with Crippen LogP contribution in [0.25, 0.3) is 0 Å². The molecule has 0 unspecified atom stereocenters. The Bertz CT molecular complexity index is 669. The van der Waals surface area contributed by atoms with Crippen LogP contribution in [0.4, 0.5) is 5.69 Å². The van der Waals surface area contributed by atoms with Gasteiger partial charge in [0.05, 0.1) is 6.04 Å². The zero-order valence-corrected chi connectivity index (χ0v) is 12.5. The standard InChI is InChI=1S/C17H17ClN2O/c1-2-11-6-8-14(9-7-11)20-16(15(19)17(20)21)12-4-3-5-13(18)10-12/h3-10,15-16H,2,19H2,1H3/t15-,16+/m1/s1. The molecule has 3 nitrogen and oxygen atoms in total. The zero-order valence-electron chi connectivity index (χ0n) is 11.8. The maximum Gasteiger partial charge on any atom is 0.247 e. The van der Waals surface area contributed by atoms with Crippen LogP contribution < -0.4 is 10.6 Å². The molecule has 0 saturated carbocycles. The van der Waals surface area contributed by atoms with Crippen molar-refractivity contribution in [1.82, 2.24) is 0 Å². The van der Waals surface area contributed by atoms with Gasteiger partial charge in [-0.2, -0.15) is 0 Å². The van der Waals surface area contributed by atoms with Gasteiger partial charge in [0.25, 0.3) is 0 Å². The maximum absolute atomic E-state index is 12.2. The van der Waals surface area contributed by atoms with E-state index in [1.54, 1.807) is 4.90 Å². The number of carbonyl (C=O) groups excluding carboxylic acids is 1. The summed E-state index contributed by atoms with van der Waals surface area (Å²) in [5, 5.41) is 0.653. The molecule has 2 aromatic carbocycles. The first-order chi connectivity index (χ1) is 10.1. The minimum atomic E-state index is -0.505. The molecule has 1 saturated heterocycles. The van der Waals surface area contributed by atoms with Crippen LogP contribution in [0.2, 0.25) is 5.02 Å². The molecule has 1 fully saturated rings. The Morgan fingerprint density at radius 2 is 1.90 bits per heavy atom. The van der Waals surface area contributed by atoms with E-state index in [1.165, 1.54) is 5.56 Å². The van der Waals surface area contributed by atoms with Crippen molar-refractivity contribution < 1.29 is 4.79 Å². The fraction of sp³-hybridized carbons (Fsp3) is 0.235. The molecule has 0 aliphatic carbocycles. The summed E-state index contributed by atoms with van der Waals surface area (Å²) >= 11 is 6.04. The number of carbonyl (C=O) groups is 1. The number of nitrogens with two attached hydrogens (primary N) is 1. The van der Waals surface area contributed by atoms with Gasteiger partial charge in [0, 0.05) is 10.7 Å². The van der Waals surface area contributed by atoms with Crippen molar-refractivity contribution in [3.63, 3.8) is 0 Å². The van der Waals surface area contributed by atoms with Crippen LogP contribution in [-0.4, -0.2) is 11.9 Å². The third kappa shape index (κ3) is 2.43. The number of hydrogen-bond acceptors (Lipinski definition) is 2. The molecule has 1 aliphatic heterocycles. The van der Waals surface area contributed by atoms with E-state index in [1.807, 2.05) is 48.5 Å². The van der Waals surface area contributed by atoms with Gasteiger partial charge in [-0.15, -0.1) is 0 Å². The maximum atomic E-state index is 12.2. The van der Waals surface area contributed by atoms with E-state index in [4.69, 9.17) is 17.3 Å². The smallest absolute Gasteiger partial charge is 0.247 e. The Labute approximate surface area is 129 Å². The summed E-state index contributed by atoms with van der Waals surface area (Å²) < 4.78 is 0. The zero-order chi connectivity index (χ0) is 15.0. The number of halogens is 1. The third-order valence-corrected chi connectivity index (χ3v) is 4.19. The number of anilines is 1. The number of amides is 1. The number of rotatable bonds is 3. The fourth-order valence-corrected chi connectivity index (χ4v) is 2.94. The van der Waals surface area contributed by atoms with Gasteiger partial charge in [0.15, 0.2) is 0 Å². The van der Waals surface area contributed by atoms with Gasteiger partial charge in [-0.3, -0.25) is 4.79 Å². The quantitative estimate of drug-likeness (QED) is 0.884. The van der Waals surface area contributed by atoms with E-state index >= 15 is 0 Å². The van der Waals surface area contributed by atoms with E-state index in [2.05, 4.69) is 6.92 Å². The van der Waals surface area contributed by atoms with Gasteiger partial charge in [0.1, 0.15) is 6.04 Å². The molecule has 2 atom stereocenters. The summed E-state index contributed by atoms with van der Waals surface area (Å²) in [5.74, 6) is -0.0516. The lowest BCUT2D eigenvalue weighted by molar-refractivity contribution is -0.126. The second-order valence-corrected chi connectivity index (χ2v) is 5.69. The summed E-state index contributed by atoms with van der Waals surface area (Å²) in [6.45, 7) is 2.11. The SMILES string of the molecule is CCc1ccc(N2C(=O)[C@H](N)[C@@H]2c2cccc(Cl)c2)cc1. The summed E-state index contributed by atoms with van der Waals surface area (Å²) in [7, 11) is 0. The molecule has 1 amide bonds. The monoisotopic (exact) mass is 300 g/mol. The topological polar surface area (TPSA) is 46.3 Å². The average Bonchev–Trinajstić information content (AvgIpc) is 2.51. The molecule has 0 bridgehead atoms. The molecular formula is C17H17ClN2O. The van der Waals surface area contributed by atoms with Crippen molar-refractivity contribution in [2.45, 2.75) is 25.4 Å². The summed E-state index contributed by atoms with van der Waals surface area (Å²) in [4.78, 5) is 13.9. The van der Waals surface area contributed by atoms with Crippen molar-refractivity contribution in [1.29, 1.82) is 0 Å². The Balaban J connectivity index is 1.94. The van der Waals surface area contributed by atoms with Crippen LogP contribution >= 0.6 is 11.6 Å². The lowest BCUT2D eigenvalue weighted by Gasteiger charge is -2.45. The third-order valence-electron chi connectivity index (χ3n) is 3.95. The highest BCUT2D eigenvalue weighted by molar-refractivity contribution is 6.30. The van der Waals surface area contributed by atoms with E-state index < -0.39 is 6.04 Å². The first kappa shape index (κ1) is 14.1. The number of benzene rings is 2. The first-order valence-electron chi connectivity index (χ1n) is 7.05. The highest BCUT2D eigenvalue weighted by Crippen LogP contribution is 2.38. The number of hydrogen-bond donors (Lipinski definition) is 1. The number of β-lactam (4-membered cyclic amide) rings is 1. The van der Waals surface area contributed by atoms with Gasteiger partial charge in [0.2, 0.25) is 5.91 Å². The lowest BCUT2D eigenvalue weighted by Crippen LogP contribution is -2.63. The largest absolute Gasteiger partial charge is 0.318 e. The molecule has 0 aromatic heterocycles. The van der Waals surface area contributed by atoms with E-state index in [0.29, 0.717) is 5.02 Å². The van der Waals surface area contributed by atoms with Crippen LogP contribution in [0, 0.1) is 0 Å². The van der Waals surface area contributed by atoms with Crippen LogP contribution in [-0.2, 0) is 11.2 Å². The molecule has 1 aliphatic rings. The minimum absolute atomic E-state index is 0.0516. The predicted octanol–water partition coefficient (Wildman–Crippen LogP) is 3.32. The van der Waals surface area contributed by atoms with E-state index in [9.17, 15) is 4.79 Å². The van der Waals surface area contributed by atoms with Gasteiger partial charge >= 0.3 is 0 Å². The molecule has 4 heteroatoms. The van der Waals surface area contributed by atoms with Crippen molar-refractivity contribution in [3.05, 3.63) is 64.7 Å². The number of aryl methyl sites for hydroxylation is 1. The van der Waals surface area contributed by atoms with Crippen molar-refractivity contribution in [2.24, 2.45) is 5.73 Å². The Morgan fingerprint density at radius 3 is 2.52 bits per heavy atom. The van der Waals surface area contributed by atoms with Gasteiger partial charge < -0.3 is 10.6 Å². The molecule has 1 heterocycles. The molecule has 108 valence electrons. The molecule has 0 spiro atoms. The summed E-state index contributed by atoms with van der Waals surface area (Å²) in [5.41, 5.74) is 9.09. The van der Waals surface area contributed by atoms with Crippen LogP contribution in [0.1, 0.15) is 24.1 Å². The highest BCUT2D eigenvalue weighted by atomic mass is 35.5. The second-order valence-electron chi connectivity index (χ2n) is 5.25. The average molecular weight is 301 g/mol. The number of nitrogens with zero attached hydrogens (tertiary/aromatic N) is 1.